The number of hydrogen-bond donors (Lipinski definition) is 3. The predicted molar refractivity (Wildman–Crippen MR) is 142 cm³/mol. The molecule has 182 valence electrons. The van der Waals surface area contributed by atoms with Crippen LogP contribution in [0.1, 0.15) is 48.2 Å². The monoisotopic (exact) mass is 470 g/mol. The summed E-state index contributed by atoms with van der Waals surface area (Å²) in [6.07, 6.45) is 7.59. The Kier molecular flexibility index (Phi) is 7.77. The van der Waals surface area contributed by atoms with Gasteiger partial charge in [0.25, 0.3) is 5.91 Å². The maximum Gasteiger partial charge on any atom is 0.251 e. The van der Waals surface area contributed by atoms with Gasteiger partial charge < -0.3 is 16.0 Å². The number of imidazole rings is 1. The standard InChI is InChI=1S/C28H34N6O/c1-5-13-29-22(6-2)17-32-28(35)24-12-11-23(16-20(24)4)33-26-27-31-18-25(34(27)15-14-30-26)21-9-7-19(3)8-10-21/h7-12,14-16,18,22,29H,5-6,13,17H2,1-4H3,(H,30,33)(H,32,35). The molecule has 0 spiro atoms. The van der Waals surface area contributed by atoms with E-state index in [0.717, 1.165) is 47.5 Å². The Hall–Kier alpha value is -3.71. The van der Waals surface area contributed by atoms with Crippen LogP contribution in [0.5, 0.6) is 0 Å². The lowest BCUT2D eigenvalue weighted by Gasteiger charge is -2.18. The third-order valence-electron chi connectivity index (χ3n) is 6.19. The third kappa shape index (κ3) is 5.69. The second kappa shape index (κ2) is 11.1. The van der Waals surface area contributed by atoms with E-state index < -0.39 is 0 Å². The van der Waals surface area contributed by atoms with Crippen LogP contribution < -0.4 is 16.0 Å². The molecule has 0 bridgehead atoms. The smallest absolute Gasteiger partial charge is 0.251 e. The summed E-state index contributed by atoms with van der Waals surface area (Å²) in [6, 6.07) is 14.4. The number of aromatic nitrogens is 3. The van der Waals surface area contributed by atoms with Gasteiger partial charge in [-0.15, -0.1) is 0 Å². The van der Waals surface area contributed by atoms with Crippen molar-refractivity contribution in [1.82, 2.24) is 25.0 Å². The van der Waals surface area contributed by atoms with Gasteiger partial charge in [0.2, 0.25) is 0 Å². The van der Waals surface area contributed by atoms with Crippen LogP contribution in [-0.2, 0) is 0 Å². The van der Waals surface area contributed by atoms with E-state index >= 15 is 0 Å². The molecule has 4 rings (SSSR count). The van der Waals surface area contributed by atoms with Crippen LogP contribution in [-0.4, -0.2) is 39.4 Å². The fourth-order valence-electron chi connectivity index (χ4n) is 4.10. The molecular formula is C28H34N6O. The Labute approximate surface area is 207 Å². The number of nitrogens with zero attached hydrogens (tertiary/aromatic N) is 3. The van der Waals surface area contributed by atoms with Crippen LogP contribution in [0.3, 0.4) is 0 Å². The molecule has 0 aliphatic heterocycles. The van der Waals surface area contributed by atoms with Gasteiger partial charge >= 0.3 is 0 Å². The Morgan fingerprint density at radius 3 is 2.57 bits per heavy atom. The fraction of sp³-hybridized carbons (Fsp3) is 0.321. The molecule has 7 heteroatoms. The molecule has 2 aromatic heterocycles. The second-order valence-corrected chi connectivity index (χ2v) is 8.90. The van der Waals surface area contributed by atoms with E-state index in [9.17, 15) is 4.79 Å². The van der Waals surface area contributed by atoms with Crippen LogP contribution in [0.25, 0.3) is 16.9 Å². The number of hydrogen-bond acceptors (Lipinski definition) is 5. The van der Waals surface area contributed by atoms with Crippen LogP contribution in [0.4, 0.5) is 11.5 Å². The Morgan fingerprint density at radius 1 is 1.06 bits per heavy atom. The third-order valence-corrected chi connectivity index (χ3v) is 6.19. The Morgan fingerprint density at radius 2 is 1.86 bits per heavy atom. The summed E-state index contributed by atoms with van der Waals surface area (Å²) in [6.45, 7) is 9.87. The minimum absolute atomic E-state index is 0.0537. The molecule has 4 aromatic rings. The molecule has 1 unspecified atom stereocenters. The van der Waals surface area contributed by atoms with E-state index in [2.05, 4.69) is 71.0 Å². The van der Waals surface area contributed by atoms with Gasteiger partial charge in [0.15, 0.2) is 11.5 Å². The van der Waals surface area contributed by atoms with Gasteiger partial charge in [-0.25, -0.2) is 9.97 Å². The van der Waals surface area contributed by atoms with Crippen LogP contribution in [0.2, 0.25) is 0 Å². The molecule has 0 aliphatic rings. The van der Waals surface area contributed by atoms with Crippen LogP contribution in [0.15, 0.2) is 61.1 Å². The highest BCUT2D eigenvalue weighted by atomic mass is 16.1. The first kappa shape index (κ1) is 24.4. The van der Waals surface area contributed by atoms with Crippen molar-refractivity contribution < 1.29 is 4.79 Å². The van der Waals surface area contributed by atoms with E-state index in [1.165, 1.54) is 5.56 Å². The molecule has 1 atom stereocenters. The van der Waals surface area contributed by atoms with Gasteiger partial charge in [-0.1, -0.05) is 43.7 Å². The van der Waals surface area contributed by atoms with Crippen molar-refractivity contribution >= 4 is 23.1 Å². The minimum Gasteiger partial charge on any atom is -0.350 e. The zero-order valence-corrected chi connectivity index (χ0v) is 20.9. The molecule has 0 saturated carbocycles. The van der Waals surface area contributed by atoms with Crippen molar-refractivity contribution in [1.29, 1.82) is 0 Å². The topological polar surface area (TPSA) is 83.3 Å². The fourth-order valence-corrected chi connectivity index (χ4v) is 4.10. The minimum atomic E-state index is -0.0537. The summed E-state index contributed by atoms with van der Waals surface area (Å²) >= 11 is 0. The summed E-state index contributed by atoms with van der Waals surface area (Å²) in [4.78, 5) is 21.9. The van der Waals surface area contributed by atoms with Crippen LogP contribution >= 0.6 is 0 Å². The van der Waals surface area contributed by atoms with E-state index in [1.54, 1.807) is 6.20 Å². The first-order valence-electron chi connectivity index (χ1n) is 12.3. The molecule has 0 fully saturated rings. The molecule has 3 N–H and O–H groups in total. The van der Waals surface area contributed by atoms with E-state index in [4.69, 9.17) is 0 Å². The number of anilines is 2. The number of carbonyl (C=O) groups excluding carboxylic acids is 1. The second-order valence-electron chi connectivity index (χ2n) is 8.90. The number of amides is 1. The average molecular weight is 471 g/mol. The summed E-state index contributed by atoms with van der Waals surface area (Å²) in [5, 5.41) is 9.91. The summed E-state index contributed by atoms with van der Waals surface area (Å²) in [5.41, 5.74) is 6.50. The molecular weight excluding hydrogens is 436 g/mol. The number of benzene rings is 2. The number of aryl methyl sites for hydroxylation is 2. The average Bonchev–Trinajstić information content (AvgIpc) is 3.30. The highest BCUT2D eigenvalue weighted by molar-refractivity contribution is 5.96. The van der Waals surface area contributed by atoms with Crippen molar-refractivity contribution in [3.05, 3.63) is 77.7 Å². The highest BCUT2D eigenvalue weighted by Gasteiger charge is 2.14. The Bertz CT molecular complexity index is 1290. The maximum atomic E-state index is 12.8. The van der Waals surface area contributed by atoms with Crippen LogP contribution in [0, 0.1) is 13.8 Å². The number of nitrogens with one attached hydrogen (secondary N) is 3. The lowest BCUT2D eigenvalue weighted by Crippen LogP contribution is -2.41. The molecule has 7 nitrogen and oxygen atoms in total. The maximum absolute atomic E-state index is 12.8. The first-order valence-corrected chi connectivity index (χ1v) is 12.3. The Balaban J connectivity index is 1.49. The van der Waals surface area contributed by atoms with Crippen molar-refractivity contribution in [2.45, 2.75) is 46.6 Å². The quantitative estimate of drug-likeness (QED) is 0.294. The van der Waals surface area contributed by atoms with E-state index in [1.807, 2.05) is 41.9 Å². The van der Waals surface area contributed by atoms with Gasteiger partial charge in [-0.3, -0.25) is 9.20 Å². The van der Waals surface area contributed by atoms with Gasteiger partial charge in [0.1, 0.15) is 0 Å². The van der Waals surface area contributed by atoms with Crippen molar-refractivity contribution in [3.63, 3.8) is 0 Å². The van der Waals surface area contributed by atoms with Crippen molar-refractivity contribution in [2.75, 3.05) is 18.4 Å². The van der Waals surface area contributed by atoms with Crippen molar-refractivity contribution in [2.24, 2.45) is 0 Å². The molecule has 0 radical (unpaired) electrons. The van der Waals surface area contributed by atoms with Crippen molar-refractivity contribution in [3.8, 4) is 11.3 Å². The molecule has 2 heterocycles. The summed E-state index contributed by atoms with van der Waals surface area (Å²) < 4.78 is 2.03. The van der Waals surface area contributed by atoms with Gasteiger partial charge in [-0.2, -0.15) is 0 Å². The molecule has 0 aliphatic carbocycles. The number of carbonyl (C=O) groups is 1. The zero-order chi connectivity index (χ0) is 24.8. The number of fused-ring (bicyclic) bond motifs is 1. The summed E-state index contributed by atoms with van der Waals surface area (Å²) in [7, 11) is 0. The number of rotatable bonds is 10. The zero-order valence-electron chi connectivity index (χ0n) is 20.9. The largest absolute Gasteiger partial charge is 0.350 e. The normalized spacial score (nSPS) is 12.0. The summed E-state index contributed by atoms with van der Waals surface area (Å²) in [5.74, 6) is 0.609. The van der Waals surface area contributed by atoms with Gasteiger partial charge in [0, 0.05) is 41.8 Å². The SMILES string of the molecule is CCCNC(CC)CNC(=O)c1ccc(Nc2nccn3c(-c4ccc(C)cc4)cnc23)cc1C. The first-order chi connectivity index (χ1) is 17.0. The lowest BCUT2D eigenvalue weighted by molar-refractivity contribution is 0.0948. The molecule has 0 saturated heterocycles. The van der Waals surface area contributed by atoms with E-state index in [-0.39, 0.29) is 11.9 Å². The lowest BCUT2D eigenvalue weighted by atomic mass is 10.1. The highest BCUT2D eigenvalue weighted by Crippen LogP contribution is 2.26. The molecule has 1 amide bonds. The van der Waals surface area contributed by atoms with Gasteiger partial charge in [-0.05, 0) is 57.0 Å². The van der Waals surface area contributed by atoms with Gasteiger partial charge in [0.05, 0.1) is 11.9 Å². The molecule has 2 aromatic carbocycles. The predicted octanol–water partition coefficient (Wildman–Crippen LogP) is 5.26. The van der Waals surface area contributed by atoms with E-state index in [0.29, 0.717) is 17.9 Å². The molecule has 35 heavy (non-hydrogen) atoms.